The highest BCUT2D eigenvalue weighted by molar-refractivity contribution is 6.01. The van der Waals surface area contributed by atoms with Crippen molar-refractivity contribution in [2.75, 3.05) is 0 Å². The van der Waals surface area contributed by atoms with Crippen molar-refractivity contribution in [2.24, 2.45) is 0 Å². The molecule has 0 aliphatic carbocycles. The molecular formula is C23H18F3N5O. The first kappa shape index (κ1) is 20.3. The van der Waals surface area contributed by atoms with Gasteiger partial charge in [0.05, 0.1) is 23.8 Å². The fourth-order valence-electron chi connectivity index (χ4n) is 4.24. The van der Waals surface area contributed by atoms with E-state index < -0.39 is 11.9 Å². The Labute approximate surface area is 181 Å². The summed E-state index contributed by atoms with van der Waals surface area (Å²) >= 11 is 0. The van der Waals surface area contributed by atoms with E-state index in [0.717, 1.165) is 28.3 Å². The predicted molar refractivity (Wildman–Crippen MR) is 111 cm³/mol. The fraction of sp³-hybridized carbons (Fsp3) is 0.261. The lowest BCUT2D eigenvalue weighted by atomic mass is 9.84. The summed E-state index contributed by atoms with van der Waals surface area (Å²) in [6.07, 6.45) is -0.834. The highest BCUT2D eigenvalue weighted by Crippen LogP contribution is 2.34. The van der Waals surface area contributed by atoms with E-state index in [1.165, 1.54) is 12.3 Å². The molecule has 4 heterocycles. The van der Waals surface area contributed by atoms with Gasteiger partial charge in [0.25, 0.3) is 0 Å². The summed E-state index contributed by atoms with van der Waals surface area (Å²) in [4.78, 5) is 25.3. The normalized spacial score (nSPS) is 16.4. The first-order valence-electron chi connectivity index (χ1n) is 10.1. The number of fused-ring (bicyclic) bond motifs is 2. The lowest BCUT2D eigenvalue weighted by Gasteiger charge is -2.24. The van der Waals surface area contributed by atoms with E-state index in [9.17, 15) is 18.0 Å². The van der Waals surface area contributed by atoms with Gasteiger partial charge in [-0.3, -0.25) is 9.48 Å². The molecule has 0 saturated heterocycles. The molecule has 0 radical (unpaired) electrons. The van der Waals surface area contributed by atoms with Gasteiger partial charge in [0, 0.05) is 12.1 Å². The Morgan fingerprint density at radius 3 is 2.56 bits per heavy atom. The van der Waals surface area contributed by atoms with Crippen LogP contribution < -0.4 is 0 Å². The van der Waals surface area contributed by atoms with Crippen molar-refractivity contribution >= 4 is 16.8 Å². The van der Waals surface area contributed by atoms with Crippen molar-refractivity contribution in [1.82, 2.24) is 24.7 Å². The number of alkyl halides is 3. The first-order valence-corrected chi connectivity index (χ1v) is 10.1. The number of aromatic nitrogens is 5. The quantitative estimate of drug-likeness (QED) is 0.446. The zero-order valence-electron chi connectivity index (χ0n) is 17.3. The van der Waals surface area contributed by atoms with Gasteiger partial charge in [0.1, 0.15) is 16.9 Å². The van der Waals surface area contributed by atoms with E-state index in [-0.39, 0.29) is 17.2 Å². The molecule has 0 spiro atoms. The van der Waals surface area contributed by atoms with Crippen molar-refractivity contribution in [3.8, 4) is 11.4 Å². The molecule has 3 aromatic heterocycles. The molecule has 1 aliphatic rings. The van der Waals surface area contributed by atoms with E-state index in [4.69, 9.17) is 0 Å². The first-order chi connectivity index (χ1) is 15.2. The van der Waals surface area contributed by atoms with Crippen molar-refractivity contribution in [3.05, 3.63) is 70.8 Å². The predicted octanol–water partition coefficient (Wildman–Crippen LogP) is 4.89. The number of benzene rings is 1. The molecule has 5 rings (SSSR count). The van der Waals surface area contributed by atoms with E-state index in [0.29, 0.717) is 30.0 Å². The zero-order chi connectivity index (χ0) is 22.6. The highest BCUT2D eigenvalue weighted by Gasteiger charge is 2.33. The van der Waals surface area contributed by atoms with Crippen LogP contribution in [0.5, 0.6) is 0 Å². The Hall–Kier alpha value is -3.62. The minimum atomic E-state index is -4.52. The molecule has 32 heavy (non-hydrogen) atoms. The Bertz CT molecular complexity index is 1380. The summed E-state index contributed by atoms with van der Waals surface area (Å²) in [7, 11) is 0. The molecule has 1 atom stereocenters. The number of pyridine rings is 1. The van der Waals surface area contributed by atoms with Gasteiger partial charge in [0.2, 0.25) is 0 Å². The molecule has 1 unspecified atom stereocenters. The molecule has 6 nitrogen and oxygen atoms in total. The van der Waals surface area contributed by atoms with Gasteiger partial charge in [0.15, 0.2) is 11.6 Å². The molecule has 1 aromatic carbocycles. The second-order valence-electron chi connectivity index (χ2n) is 7.97. The van der Waals surface area contributed by atoms with Gasteiger partial charge in [-0.2, -0.15) is 18.3 Å². The Balaban J connectivity index is 1.47. The second-order valence-corrected chi connectivity index (χ2v) is 7.97. The van der Waals surface area contributed by atoms with Crippen molar-refractivity contribution < 1.29 is 18.0 Å². The van der Waals surface area contributed by atoms with Crippen molar-refractivity contribution in [1.29, 1.82) is 0 Å². The summed E-state index contributed by atoms with van der Waals surface area (Å²) in [5.41, 5.74) is 3.57. The fourth-order valence-corrected chi connectivity index (χ4v) is 4.24. The Morgan fingerprint density at radius 1 is 1.00 bits per heavy atom. The third kappa shape index (κ3) is 3.34. The number of ketones is 1. The van der Waals surface area contributed by atoms with Gasteiger partial charge in [-0.25, -0.2) is 15.0 Å². The summed E-state index contributed by atoms with van der Waals surface area (Å²) in [5.74, 6) is 0.211. The number of aryl methyl sites for hydroxylation is 3. The monoisotopic (exact) mass is 437 g/mol. The standard InChI is InChI=1S/C23H18F3N5O/c1-12-9-14(22-27-11-18-17(30-22)5-6-19(29-18)23(24,25)26)3-4-15(12)16-7-8-31-20(21(16)32)13(2)10-28-31/h3-6,9-11,16H,7-8H2,1-2H3. The molecule has 0 N–H and O–H groups in total. The Morgan fingerprint density at radius 2 is 1.81 bits per heavy atom. The number of hydrogen-bond acceptors (Lipinski definition) is 5. The molecule has 0 saturated carbocycles. The SMILES string of the molecule is Cc1cc(-c2ncc3nc(C(F)(F)F)ccc3n2)ccc1C1CCn2ncc(C)c2C1=O. The number of hydrogen-bond donors (Lipinski definition) is 0. The average molecular weight is 437 g/mol. The van der Waals surface area contributed by atoms with Gasteiger partial charge in [-0.15, -0.1) is 0 Å². The molecular weight excluding hydrogens is 419 g/mol. The third-order valence-electron chi connectivity index (χ3n) is 5.83. The molecule has 0 fully saturated rings. The molecule has 9 heteroatoms. The maximum absolute atomic E-state index is 13.1. The van der Waals surface area contributed by atoms with Gasteiger partial charge >= 0.3 is 6.18 Å². The molecule has 162 valence electrons. The van der Waals surface area contributed by atoms with Crippen LogP contribution in [0.15, 0.2) is 42.7 Å². The minimum Gasteiger partial charge on any atom is -0.292 e. The van der Waals surface area contributed by atoms with Gasteiger partial charge < -0.3 is 0 Å². The summed E-state index contributed by atoms with van der Waals surface area (Å²) in [6.45, 7) is 4.50. The number of halogens is 3. The summed E-state index contributed by atoms with van der Waals surface area (Å²) in [5, 5.41) is 4.27. The maximum atomic E-state index is 13.1. The van der Waals surface area contributed by atoms with Crippen LogP contribution in [0.4, 0.5) is 13.2 Å². The minimum absolute atomic E-state index is 0.0654. The molecule has 0 bridgehead atoms. The molecule has 0 amide bonds. The lowest BCUT2D eigenvalue weighted by Crippen LogP contribution is -2.26. The third-order valence-corrected chi connectivity index (χ3v) is 5.83. The largest absolute Gasteiger partial charge is 0.433 e. The van der Waals surface area contributed by atoms with Crippen LogP contribution in [0.3, 0.4) is 0 Å². The summed E-state index contributed by atoms with van der Waals surface area (Å²) < 4.78 is 40.4. The van der Waals surface area contributed by atoms with Crippen LogP contribution in [0.2, 0.25) is 0 Å². The van der Waals surface area contributed by atoms with Crippen molar-refractivity contribution in [2.45, 2.75) is 38.9 Å². The number of carbonyl (C=O) groups is 1. The smallest absolute Gasteiger partial charge is 0.292 e. The van der Waals surface area contributed by atoms with Gasteiger partial charge in [-0.1, -0.05) is 12.1 Å². The Kier molecular flexibility index (Phi) is 4.58. The van der Waals surface area contributed by atoms with Crippen LogP contribution in [-0.4, -0.2) is 30.5 Å². The topological polar surface area (TPSA) is 73.6 Å². The lowest BCUT2D eigenvalue weighted by molar-refractivity contribution is -0.140. The van der Waals surface area contributed by atoms with Gasteiger partial charge in [-0.05, 0) is 55.2 Å². The van der Waals surface area contributed by atoms with Crippen LogP contribution in [0.1, 0.15) is 45.2 Å². The highest BCUT2D eigenvalue weighted by atomic mass is 19.4. The average Bonchev–Trinajstić information content (AvgIpc) is 3.14. The van der Waals surface area contributed by atoms with E-state index in [1.54, 1.807) is 10.9 Å². The maximum Gasteiger partial charge on any atom is 0.433 e. The number of nitrogens with zero attached hydrogens (tertiary/aromatic N) is 5. The second kappa shape index (κ2) is 7.22. The van der Waals surface area contributed by atoms with Crippen LogP contribution >= 0.6 is 0 Å². The van der Waals surface area contributed by atoms with Crippen LogP contribution in [-0.2, 0) is 12.7 Å². The van der Waals surface area contributed by atoms with E-state index in [1.807, 2.05) is 32.0 Å². The van der Waals surface area contributed by atoms with Crippen LogP contribution in [0.25, 0.3) is 22.4 Å². The molecule has 4 aromatic rings. The van der Waals surface area contributed by atoms with Crippen LogP contribution in [0, 0.1) is 13.8 Å². The number of carbonyl (C=O) groups excluding carboxylic acids is 1. The van der Waals surface area contributed by atoms with Crippen molar-refractivity contribution in [3.63, 3.8) is 0 Å². The summed E-state index contributed by atoms with van der Waals surface area (Å²) in [6, 6.07) is 7.86. The number of rotatable bonds is 2. The van der Waals surface area contributed by atoms with E-state index in [2.05, 4.69) is 20.1 Å². The van der Waals surface area contributed by atoms with E-state index >= 15 is 0 Å². The number of Topliss-reactive ketones (excluding diaryl/α,β-unsaturated/α-hetero) is 1. The molecule has 1 aliphatic heterocycles. The zero-order valence-corrected chi connectivity index (χ0v) is 17.3.